The van der Waals surface area contributed by atoms with Crippen molar-refractivity contribution in [2.24, 2.45) is 0 Å². The second-order valence-corrected chi connectivity index (χ2v) is 6.89. The van der Waals surface area contributed by atoms with Gasteiger partial charge in [0.15, 0.2) is 5.78 Å². The highest BCUT2D eigenvalue weighted by molar-refractivity contribution is 7.99. The van der Waals surface area contributed by atoms with Gasteiger partial charge in [-0.2, -0.15) is 0 Å². The minimum atomic E-state index is -0.968. The summed E-state index contributed by atoms with van der Waals surface area (Å²) in [4.78, 5) is 23.6. The van der Waals surface area contributed by atoms with Crippen molar-refractivity contribution in [3.63, 3.8) is 0 Å². The van der Waals surface area contributed by atoms with E-state index in [4.69, 9.17) is 11.6 Å². The van der Waals surface area contributed by atoms with Gasteiger partial charge >= 0.3 is 5.97 Å². The van der Waals surface area contributed by atoms with Gasteiger partial charge in [-0.1, -0.05) is 53.6 Å². The molecule has 1 unspecified atom stereocenters. The quantitative estimate of drug-likeness (QED) is 0.742. The summed E-state index contributed by atoms with van der Waals surface area (Å²) in [6, 6.07) is 14.4. The van der Waals surface area contributed by atoms with Gasteiger partial charge in [0, 0.05) is 22.8 Å². The molecule has 23 heavy (non-hydrogen) atoms. The first-order chi connectivity index (χ1) is 11.0. The average Bonchev–Trinajstić information content (AvgIpc) is 2.53. The van der Waals surface area contributed by atoms with Gasteiger partial charge in [0.2, 0.25) is 0 Å². The van der Waals surface area contributed by atoms with Crippen molar-refractivity contribution in [2.45, 2.75) is 24.3 Å². The average molecular weight is 349 g/mol. The second-order valence-electron chi connectivity index (χ2n) is 5.26. The van der Waals surface area contributed by atoms with Crippen molar-refractivity contribution in [3.8, 4) is 0 Å². The Balaban J connectivity index is 1.98. The van der Waals surface area contributed by atoms with Gasteiger partial charge < -0.3 is 5.11 Å². The summed E-state index contributed by atoms with van der Waals surface area (Å²) in [7, 11) is 0. The normalized spacial score (nSPS) is 11.9. The molecule has 120 valence electrons. The van der Waals surface area contributed by atoms with Crippen LogP contribution in [0.5, 0.6) is 0 Å². The van der Waals surface area contributed by atoms with E-state index in [0.29, 0.717) is 16.3 Å². The van der Waals surface area contributed by atoms with E-state index in [1.807, 2.05) is 31.2 Å². The minimum Gasteiger partial charge on any atom is -0.480 e. The molecule has 0 aromatic heterocycles. The number of aliphatic carboxylic acids is 1. The lowest BCUT2D eigenvalue weighted by atomic mass is 10.1. The molecular formula is C18H17ClO3S. The lowest BCUT2D eigenvalue weighted by Crippen LogP contribution is -2.21. The maximum atomic E-state index is 12.2. The number of carbonyl (C=O) groups excluding carboxylic acids is 1. The van der Waals surface area contributed by atoms with Crippen LogP contribution in [0, 0.1) is 6.92 Å². The Labute approximate surface area is 144 Å². The van der Waals surface area contributed by atoms with E-state index >= 15 is 0 Å². The Morgan fingerprint density at radius 2 is 1.70 bits per heavy atom. The summed E-state index contributed by atoms with van der Waals surface area (Å²) in [6.07, 6.45) is -0.0172. The molecule has 0 aliphatic heterocycles. The van der Waals surface area contributed by atoms with Crippen molar-refractivity contribution in [3.05, 3.63) is 70.2 Å². The Morgan fingerprint density at radius 3 is 2.26 bits per heavy atom. The van der Waals surface area contributed by atoms with Crippen LogP contribution in [0.15, 0.2) is 48.5 Å². The molecule has 0 heterocycles. The fraction of sp³-hybridized carbons (Fsp3) is 0.222. The number of benzene rings is 2. The zero-order chi connectivity index (χ0) is 16.8. The number of aryl methyl sites for hydroxylation is 1. The van der Waals surface area contributed by atoms with E-state index in [2.05, 4.69) is 0 Å². The van der Waals surface area contributed by atoms with Crippen LogP contribution in [0.3, 0.4) is 0 Å². The molecular weight excluding hydrogens is 332 g/mol. The molecule has 0 spiro atoms. The number of carboxylic acids is 1. The smallest absolute Gasteiger partial charge is 0.317 e. The largest absolute Gasteiger partial charge is 0.480 e. The molecule has 0 radical (unpaired) electrons. The van der Waals surface area contributed by atoms with E-state index in [-0.39, 0.29) is 12.2 Å². The molecule has 1 N–H and O–H groups in total. The number of halogens is 1. The predicted octanol–water partition coefficient (Wildman–Crippen LogP) is 4.61. The number of carboxylic acid groups (broad SMARTS) is 1. The van der Waals surface area contributed by atoms with Gasteiger partial charge in [-0.15, -0.1) is 11.8 Å². The fourth-order valence-corrected chi connectivity index (χ4v) is 3.14. The highest BCUT2D eigenvalue weighted by Crippen LogP contribution is 2.23. The summed E-state index contributed by atoms with van der Waals surface area (Å²) in [5.41, 5.74) is 2.59. The third-order valence-electron chi connectivity index (χ3n) is 3.38. The number of Topliss-reactive ketones (excluding diaryl/α,β-unsaturated/α-hetero) is 1. The Hall–Kier alpha value is -1.78. The molecule has 2 aromatic carbocycles. The maximum Gasteiger partial charge on any atom is 0.317 e. The first kappa shape index (κ1) is 17.6. The lowest BCUT2D eigenvalue weighted by Gasteiger charge is -2.11. The first-order valence-electron chi connectivity index (χ1n) is 7.14. The molecule has 2 rings (SSSR count). The number of hydrogen-bond donors (Lipinski definition) is 1. The Bertz CT molecular complexity index is 680. The van der Waals surface area contributed by atoms with Crippen molar-refractivity contribution in [1.29, 1.82) is 0 Å². The summed E-state index contributed by atoms with van der Waals surface area (Å²) >= 11 is 7.08. The molecule has 0 amide bonds. The second kappa shape index (κ2) is 8.18. The van der Waals surface area contributed by atoms with E-state index in [1.165, 1.54) is 11.8 Å². The predicted molar refractivity (Wildman–Crippen MR) is 94.3 cm³/mol. The third-order valence-corrected chi connectivity index (χ3v) is 4.91. The maximum absolute atomic E-state index is 12.2. The standard InChI is InChI=1S/C18H17ClO3S/c1-12-2-6-14(7-3-12)16(20)10-17(18(21)22)23-11-13-4-8-15(19)9-5-13/h2-9,17H,10-11H2,1H3,(H,21,22). The van der Waals surface area contributed by atoms with Crippen molar-refractivity contribution in [1.82, 2.24) is 0 Å². The van der Waals surface area contributed by atoms with Gasteiger partial charge in [-0.25, -0.2) is 0 Å². The SMILES string of the molecule is Cc1ccc(C(=O)CC(SCc2ccc(Cl)cc2)C(=O)O)cc1. The molecule has 0 aliphatic carbocycles. The third kappa shape index (κ3) is 5.41. The van der Waals surface area contributed by atoms with Crippen LogP contribution in [0.2, 0.25) is 5.02 Å². The monoisotopic (exact) mass is 348 g/mol. The van der Waals surface area contributed by atoms with Crippen molar-refractivity contribution < 1.29 is 14.7 Å². The van der Waals surface area contributed by atoms with Crippen LogP contribution in [0.4, 0.5) is 0 Å². The Kier molecular flexibility index (Phi) is 6.25. The molecule has 5 heteroatoms. The summed E-state index contributed by atoms with van der Waals surface area (Å²) in [5.74, 6) is -0.597. The van der Waals surface area contributed by atoms with Gasteiger partial charge in [-0.3, -0.25) is 9.59 Å². The topological polar surface area (TPSA) is 54.4 Å². The van der Waals surface area contributed by atoms with Gasteiger partial charge in [0.05, 0.1) is 0 Å². The zero-order valence-electron chi connectivity index (χ0n) is 12.7. The van der Waals surface area contributed by atoms with Crippen molar-refractivity contribution >= 4 is 35.1 Å². The summed E-state index contributed by atoms with van der Waals surface area (Å²) < 4.78 is 0. The molecule has 0 aliphatic rings. The molecule has 2 aromatic rings. The van der Waals surface area contributed by atoms with E-state index < -0.39 is 11.2 Å². The molecule has 0 saturated heterocycles. The molecule has 1 atom stereocenters. The summed E-state index contributed by atoms with van der Waals surface area (Å²) in [6.45, 7) is 1.94. The van der Waals surface area contributed by atoms with Gasteiger partial charge in [0.25, 0.3) is 0 Å². The lowest BCUT2D eigenvalue weighted by molar-refractivity contribution is -0.136. The van der Waals surface area contributed by atoms with E-state index in [1.54, 1.807) is 24.3 Å². The number of ketones is 1. The summed E-state index contributed by atoms with van der Waals surface area (Å²) in [5, 5.41) is 9.22. The van der Waals surface area contributed by atoms with E-state index in [0.717, 1.165) is 11.1 Å². The Morgan fingerprint density at radius 1 is 1.09 bits per heavy atom. The highest BCUT2D eigenvalue weighted by Gasteiger charge is 2.22. The molecule has 0 fully saturated rings. The highest BCUT2D eigenvalue weighted by atomic mass is 35.5. The van der Waals surface area contributed by atoms with Crippen LogP contribution in [0.1, 0.15) is 27.9 Å². The zero-order valence-corrected chi connectivity index (χ0v) is 14.2. The van der Waals surface area contributed by atoms with Crippen LogP contribution in [-0.4, -0.2) is 22.1 Å². The number of hydrogen-bond acceptors (Lipinski definition) is 3. The van der Waals surface area contributed by atoms with Crippen LogP contribution in [-0.2, 0) is 10.5 Å². The van der Waals surface area contributed by atoms with Crippen LogP contribution >= 0.6 is 23.4 Å². The molecule has 3 nitrogen and oxygen atoms in total. The number of thioether (sulfide) groups is 1. The van der Waals surface area contributed by atoms with Gasteiger partial charge in [-0.05, 0) is 24.6 Å². The van der Waals surface area contributed by atoms with E-state index in [9.17, 15) is 14.7 Å². The fourth-order valence-electron chi connectivity index (χ4n) is 2.02. The number of rotatable bonds is 7. The number of carbonyl (C=O) groups is 2. The van der Waals surface area contributed by atoms with Crippen LogP contribution < -0.4 is 0 Å². The van der Waals surface area contributed by atoms with Crippen LogP contribution in [0.25, 0.3) is 0 Å². The molecule has 0 bridgehead atoms. The first-order valence-corrected chi connectivity index (χ1v) is 8.57. The van der Waals surface area contributed by atoms with Gasteiger partial charge in [0.1, 0.15) is 5.25 Å². The molecule has 0 saturated carbocycles. The van der Waals surface area contributed by atoms with Crippen molar-refractivity contribution in [2.75, 3.05) is 0 Å². The minimum absolute atomic E-state index is 0.0172.